The highest BCUT2D eigenvalue weighted by molar-refractivity contribution is 6.12. The smallest absolute Gasteiger partial charge is 0.228 e. The van der Waals surface area contributed by atoms with Crippen molar-refractivity contribution < 1.29 is 9.21 Å². The molecule has 0 amide bonds. The van der Waals surface area contributed by atoms with Crippen LogP contribution in [0.15, 0.2) is 77.2 Å². The number of rotatable bonds is 3. The molecule has 0 aliphatic carbocycles. The fourth-order valence-corrected chi connectivity index (χ4v) is 2.80. The Morgan fingerprint density at radius 2 is 1.71 bits per heavy atom. The van der Waals surface area contributed by atoms with E-state index in [9.17, 15) is 4.79 Å². The van der Waals surface area contributed by atoms with E-state index in [0.29, 0.717) is 28.2 Å². The number of hydrogen-bond donors (Lipinski definition) is 0. The Hall–Kier alpha value is -3.20. The molecular formula is C21H15NO2. The molecule has 0 saturated carbocycles. The van der Waals surface area contributed by atoms with Crippen LogP contribution in [0.5, 0.6) is 0 Å². The molecule has 4 aromatic rings. The second kappa shape index (κ2) is 5.78. The molecule has 116 valence electrons. The summed E-state index contributed by atoms with van der Waals surface area (Å²) in [6.45, 7) is 1.98. The van der Waals surface area contributed by atoms with Crippen LogP contribution in [0.2, 0.25) is 0 Å². The Morgan fingerprint density at radius 1 is 0.917 bits per heavy atom. The lowest BCUT2D eigenvalue weighted by molar-refractivity contribution is 0.103. The molecule has 0 aliphatic rings. The molecule has 4 rings (SSSR count). The Labute approximate surface area is 139 Å². The largest absolute Gasteiger partial charge is 0.436 e. The number of carbonyl (C=O) groups excluding carboxylic acids is 1. The van der Waals surface area contributed by atoms with Crippen molar-refractivity contribution in [1.29, 1.82) is 0 Å². The Kier molecular flexibility index (Phi) is 3.47. The highest BCUT2D eigenvalue weighted by Gasteiger charge is 2.18. The van der Waals surface area contributed by atoms with Gasteiger partial charge in [0.15, 0.2) is 11.4 Å². The SMILES string of the molecule is Cc1cccc(C(=O)c2ccccc2-c2nc3ccccc3o2)c1. The van der Waals surface area contributed by atoms with Crippen LogP contribution in [-0.4, -0.2) is 10.8 Å². The first kappa shape index (κ1) is 14.4. The second-order valence-electron chi connectivity index (χ2n) is 5.73. The fourth-order valence-electron chi connectivity index (χ4n) is 2.80. The first-order valence-corrected chi connectivity index (χ1v) is 7.79. The number of oxazole rings is 1. The van der Waals surface area contributed by atoms with E-state index in [-0.39, 0.29) is 5.78 Å². The fraction of sp³-hybridized carbons (Fsp3) is 0.0476. The lowest BCUT2D eigenvalue weighted by Gasteiger charge is -2.06. The second-order valence-corrected chi connectivity index (χ2v) is 5.73. The molecule has 0 saturated heterocycles. The summed E-state index contributed by atoms with van der Waals surface area (Å²) in [7, 11) is 0. The van der Waals surface area contributed by atoms with Gasteiger partial charge in [-0.1, -0.05) is 54.1 Å². The molecule has 1 aromatic heterocycles. The summed E-state index contributed by atoms with van der Waals surface area (Å²) in [4.78, 5) is 17.5. The number of para-hydroxylation sites is 2. The summed E-state index contributed by atoms with van der Waals surface area (Å²) in [6, 6.07) is 22.6. The zero-order chi connectivity index (χ0) is 16.5. The summed E-state index contributed by atoms with van der Waals surface area (Å²) in [5, 5.41) is 0. The number of ketones is 1. The van der Waals surface area contributed by atoms with Gasteiger partial charge in [-0.05, 0) is 31.2 Å². The van der Waals surface area contributed by atoms with Crippen LogP contribution in [0.4, 0.5) is 0 Å². The maximum atomic E-state index is 12.9. The zero-order valence-electron chi connectivity index (χ0n) is 13.2. The van der Waals surface area contributed by atoms with E-state index < -0.39 is 0 Å². The van der Waals surface area contributed by atoms with Crippen LogP contribution in [0.3, 0.4) is 0 Å². The van der Waals surface area contributed by atoms with Crippen molar-refractivity contribution in [1.82, 2.24) is 4.98 Å². The van der Waals surface area contributed by atoms with Crippen LogP contribution >= 0.6 is 0 Å². The van der Waals surface area contributed by atoms with Crippen LogP contribution in [0.1, 0.15) is 21.5 Å². The predicted octanol–water partition coefficient (Wildman–Crippen LogP) is 5.03. The molecule has 3 aromatic carbocycles. The summed E-state index contributed by atoms with van der Waals surface area (Å²) >= 11 is 0. The number of fused-ring (bicyclic) bond motifs is 1. The minimum Gasteiger partial charge on any atom is -0.436 e. The van der Waals surface area contributed by atoms with Crippen molar-refractivity contribution in [3.63, 3.8) is 0 Å². The predicted molar refractivity (Wildman–Crippen MR) is 94.1 cm³/mol. The molecular weight excluding hydrogens is 298 g/mol. The molecule has 3 heteroatoms. The molecule has 0 atom stereocenters. The van der Waals surface area contributed by atoms with Crippen LogP contribution in [0.25, 0.3) is 22.6 Å². The van der Waals surface area contributed by atoms with Gasteiger partial charge in [0, 0.05) is 16.7 Å². The molecule has 0 fully saturated rings. The van der Waals surface area contributed by atoms with Gasteiger partial charge < -0.3 is 4.42 Å². The van der Waals surface area contributed by atoms with Gasteiger partial charge in [-0.2, -0.15) is 0 Å². The van der Waals surface area contributed by atoms with Gasteiger partial charge in [-0.3, -0.25) is 4.79 Å². The molecule has 0 N–H and O–H groups in total. The lowest BCUT2D eigenvalue weighted by atomic mass is 9.97. The summed E-state index contributed by atoms with van der Waals surface area (Å²) in [5.74, 6) is 0.435. The lowest BCUT2D eigenvalue weighted by Crippen LogP contribution is -2.03. The van der Waals surface area contributed by atoms with Gasteiger partial charge in [-0.15, -0.1) is 0 Å². The monoisotopic (exact) mass is 313 g/mol. The minimum absolute atomic E-state index is 0.0310. The zero-order valence-corrected chi connectivity index (χ0v) is 13.2. The highest BCUT2D eigenvalue weighted by atomic mass is 16.3. The minimum atomic E-state index is -0.0310. The van der Waals surface area contributed by atoms with Crippen LogP contribution in [0, 0.1) is 6.92 Å². The van der Waals surface area contributed by atoms with E-state index in [1.807, 2.05) is 79.7 Å². The number of benzene rings is 3. The molecule has 0 radical (unpaired) electrons. The number of hydrogen-bond acceptors (Lipinski definition) is 3. The van der Waals surface area contributed by atoms with Crippen molar-refractivity contribution >= 4 is 16.9 Å². The van der Waals surface area contributed by atoms with Gasteiger partial charge >= 0.3 is 0 Å². The van der Waals surface area contributed by atoms with E-state index >= 15 is 0 Å². The van der Waals surface area contributed by atoms with Gasteiger partial charge in [0.2, 0.25) is 5.89 Å². The first-order valence-electron chi connectivity index (χ1n) is 7.79. The molecule has 3 nitrogen and oxygen atoms in total. The third-order valence-corrected chi connectivity index (χ3v) is 3.98. The number of aryl methyl sites for hydroxylation is 1. The Balaban J connectivity index is 1.84. The molecule has 24 heavy (non-hydrogen) atoms. The number of nitrogens with zero attached hydrogens (tertiary/aromatic N) is 1. The van der Waals surface area contributed by atoms with E-state index in [0.717, 1.165) is 11.1 Å². The van der Waals surface area contributed by atoms with Crippen molar-refractivity contribution in [3.8, 4) is 11.5 Å². The van der Waals surface area contributed by atoms with E-state index in [1.54, 1.807) is 0 Å². The van der Waals surface area contributed by atoms with Gasteiger partial charge in [0.25, 0.3) is 0 Å². The van der Waals surface area contributed by atoms with Crippen molar-refractivity contribution in [3.05, 3.63) is 89.5 Å². The maximum Gasteiger partial charge on any atom is 0.228 e. The molecule has 0 aliphatic heterocycles. The number of aromatic nitrogens is 1. The third kappa shape index (κ3) is 2.50. The first-order chi connectivity index (χ1) is 11.7. The average molecular weight is 313 g/mol. The van der Waals surface area contributed by atoms with E-state index in [4.69, 9.17) is 4.42 Å². The Bertz CT molecular complexity index is 1010. The summed E-state index contributed by atoms with van der Waals surface area (Å²) < 4.78 is 5.84. The quantitative estimate of drug-likeness (QED) is 0.498. The molecule has 0 unspecified atom stereocenters. The Morgan fingerprint density at radius 3 is 2.54 bits per heavy atom. The van der Waals surface area contributed by atoms with Crippen LogP contribution in [-0.2, 0) is 0 Å². The standard InChI is InChI=1S/C21H15NO2/c1-14-7-6-8-15(13-14)20(23)16-9-2-3-10-17(16)21-22-18-11-4-5-12-19(18)24-21/h2-13H,1H3. The maximum absolute atomic E-state index is 12.9. The van der Waals surface area contributed by atoms with Crippen molar-refractivity contribution in [2.75, 3.05) is 0 Å². The van der Waals surface area contributed by atoms with Crippen molar-refractivity contribution in [2.45, 2.75) is 6.92 Å². The number of carbonyl (C=O) groups is 1. The highest BCUT2D eigenvalue weighted by Crippen LogP contribution is 2.28. The van der Waals surface area contributed by atoms with E-state index in [2.05, 4.69) is 4.98 Å². The van der Waals surface area contributed by atoms with Gasteiger partial charge in [0.1, 0.15) is 5.52 Å². The topological polar surface area (TPSA) is 43.1 Å². The summed E-state index contributed by atoms with van der Waals surface area (Å²) in [6.07, 6.45) is 0. The van der Waals surface area contributed by atoms with E-state index in [1.165, 1.54) is 0 Å². The molecule has 0 spiro atoms. The molecule has 1 heterocycles. The van der Waals surface area contributed by atoms with Crippen LogP contribution < -0.4 is 0 Å². The normalized spacial score (nSPS) is 10.9. The summed E-state index contributed by atoms with van der Waals surface area (Å²) in [5.41, 5.74) is 4.52. The third-order valence-electron chi connectivity index (χ3n) is 3.98. The van der Waals surface area contributed by atoms with Crippen molar-refractivity contribution in [2.24, 2.45) is 0 Å². The molecule has 0 bridgehead atoms. The van der Waals surface area contributed by atoms with Gasteiger partial charge in [0.05, 0.1) is 0 Å². The van der Waals surface area contributed by atoms with Gasteiger partial charge in [-0.25, -0.2) is 4.98 Å². The average Bonchev–Trinajstić information content (AvgIpc) is 3.05.